The Bertz CT molecular complexity index is 5170. The molecule has 3 aromatic heterocycles. The number of carbonyl (C=O) groups is 4. The zero-order chi connectivity index (χ0) is 70.0. The van der Waals surface area contributed by atoms with Gasteiger partial charge in [-0.25, -0.2) is 24.4 Å². The van der Waals surface area contributed by atoms with E-state index in [1.807, 2.05) is 48.5 Å². The minimum Gasteiger partial charge on any atom is -0.478 e. The van der Waals surface area contributed by atoms with Crippen LogP contribution in [0, 0.1) is 0 Å². The molecule has 12 heteroatoms. The fraction of sp³-hybridized carbons (Fsp3) is 0.182. The molecule has 0 atom stereocenters. The number of nitrogens with one attached hydrogen (secondary N) is 2. The quantitative estimate of drug-likeness (QED) is 0.0432. The standard InChI is InChI=1S/C88H78N4O8/c1-9-66-68(11-3)80-75(59-33-19-51(20-34-59)55-27-41-63(42-28-55)87(96)97)82-70(13-5)72(15-7)84(91-82)77(61-37-23-53(24-38-61)57-45-47-65(48-46-57)100-49-93)85-73(16-8)71(14-6)83(92-85)76(60-35-21-52(22-36-60)56-29-43-64(44-30-56)88(98)99)81-69(12-4)67(10-2)79(90-81)74(78(66)89-80)58-31-17-50(18-32-58)54-25-39-62(40-26-54)86(94)95/h17-49,89,92H,9-16H2,1-8H3,(H,94,95)(H,96,97)(H,98,99). The van der Waals surface area contributed by atoms with Crippen LogP contribution in [0.1, 0.15) is 157 Å². The molecule has 0 saturated heterocycles. The number of benzene rings is 8. The zero-order valence-electron chi connectivity index (χ0n) is 57.5. The van der Waals surface area contributed by atoms with Crippen LogP contribution in [0.4, 0.5) is 0 Å². The molecule has 13 rings (SSSR count). The molecule has 0 spiro atoms. The van der Waals surface area contributed by atoms with Crippen LogP contribution in [0.3, 0.4) is 0 Å². The van der Waals surface area contributed by atoms with Crippen LogP contribution < -0.4 is 4.74 Å². The van der Waals surface area contributed by atoms with Gasteiger partial charge >= 0.3 is 17.9 Å². The summed E-state index contributed by atoms with van der Waals surface area (Å²) in [5, 5.41) is 29.5. The number of H-pyrrole nitrogens is 2. The number of nitrogens with zero attached hydrogens (tertiary/aromatic N) is 2. The number of hydrogen-bond acceptors (Lipinski definition) is 7. The lowest BCUT2D eigenvalue weighted by molar-refractivity contribution is -0.120. The summed E-state index contributed by atoms with van der Waals surface area (Å²) >= 11 is 0. The van der Waals surface area contributed by atoms with Crippen molar-refractivity contribution in [2.24, 2.45) is 0 Å². The van der Waals surface area contributed by atoms with Gasteiger partial charge in [0.25, 0.3) is 6.47 Å². The molecule has 0 unspecified atom stereocenters. The number of rotatable bonds is 21. The van der Waals surface area contributed by atoms with Gasteiger partial charge in [0.15, 0.2) is 0 Å². The first-order valence-corrected chi connectivity index (χ1v) is 34.7. The summed E-state index contributed by atoms with van der Waals surface area (Å²) in [6.45, 7) is 18.3. The second-order valence-electron chi connectivity index (χ2n) is 25.2. The minimum atomic E-state index is -0.982. The fourth-order valence-electron chi connectivity index (χ4n) is 15.1. The van der Waals surface area contributed by atoms with E-state index in [2.05, 4.69) is 162 Å². The molecule has 0 amide bonds. The average Bonchev–Trinajstić information content (AvgIpc) is 1.57. The number of fused-ring (bicyclic) bond motifs is 8. The van der Waals surface area contributed by atoms with Crippen LogP contribution in [0.15, 0.2) is 194 Å². The Morgan fingerprint density at radius 3 is 0.670 bits per heavy atom. The molecule has 2 aliphatic heterocycles. The Kier molecular flexibility index (Phi) is 19.0. The van der Waals surface area contributed by atoms with Gasteiger partial charge in [-0.15, -0.1) is 0 Å². The molecule has 100 heavy (non-hydrogen) atoms. The summed E-state index contributed by atoms with van der Waals surface area (Å²) in [5.41, 5.74) is 32.3. The average molecular weight is 1320 g/mol. The normalized spacial score (nSPS) is 12.1. The summed E-state index contributed by atoms with van der Waals surface area (Å²) in [4.78, 5) is 68.3. The molecule has 8 bridgehead atoms. The maximum absolute atomic E-state index is 12.0. The Hall–Kier alpha value is -11.8. The van der Waals surface area contributed by atoms with Crippen molar-refractivity contribution in [3.05, 3.63) is 256 Å². The van der Waals surface area contributed by atoms with Crippen LogP contribution in [0.25, 0.3) is 133 Å². The van der Waals surface area contributed by atoms with Gasteiger partial charge in [-0.3, -0.25) is 4.79 Å². The summed E-state index contributed by atoms with van der Waals surface area (Å²) in [6, 6.07) is 63.0. The second kappa shape index (κ2) is 28.4. The highest BCUT2D eigenvalue weighted by atomic mass is 16.5. The number of aryl methyl sites for hydroxylation is 4. The largest absolute Gasteiger partial charge is 0.478 e. The lowest BCUT2D eigenvalue weighted by Gasteiger charge is -2.12. The third-order valence-electron chi connectivity index (χ3n) is 20.0. The summed E-state index contributed by atoms with van der Waals surface area (Å²) in [5.74, 6) is -2.49. The number of carboxylic acid groups (broad SMARTS) is 3. The molecular formula is C88H78N4O8. The van der Waals surface area contributed by atoms with E-state index in [-0.39, 0.29) is 16.7 Å². The Labute approximate surface area is 582 Å². The third-order valence-corrected chi connectivity index (χ3v) is 20.0. The first-order chi connectivity index (χ1) is 48.7. The van der Waals surface area contributed by atoms with Gasteiger partial charge < -0.3 is 30.0 Å². The molecule has 2 aliphatic rings. The number of carboxylic acids is 3. The molecule has 11 aromatic rings. The van der Waals surface area contributed by atoms with Gasteiger partial charge in [0, 0.05) is 22.3 Å². The molecule has 0 fully saturated rings. The fourth-order valence-corrected chi connectivity index (χ4v) is 15.1. The SMILES string of the molecule is CCC1=C(CC)c2nc1c(-c1ccc(-c3ccc(OC=O)cc3)cc1)c1[nH]c(c(CC)c1CC)c(-c1ccc(-c3ccc(C(=O)O)cc3)cc1)c1nc(c(-c3ccc(-c4ccc(C(=O)O)cc4)cc3)c3[nH]c(c(CC)c3CC)c2-c2ccc(-c3ccc(C(=O)O)cc3)cc2)C(CC)=C1CC. The summed E-state index contributed by atoms with van der Waals surface area (Å²) in [6.07, 6.45) is 5.41. The van der Waals surface area contributed by atoms with Crippen molar-refractivity contribution in [1.82, 2.24) is 19.9 Å². The van der Waals surface area contributed by atoms with Crippen molar-refractivity contribution in [3.63, 3.8) is 0 Å². The van der Waals surface area contributed by atoms with Crippen molar-refractivity contribution < 1.29 is 39.2 Å². The number of aromatic carboxylic acids is 3. The third kappa shape index (κ3) is 12.1. The van der Waals surface area contributed by atoms with Gasteiger partial charge in [-0.2, -0.15) is 0 Å². The highest BCUT2D eigenvalue weighted by molar-refractivity contribution is 6.10. The van der Waals surface area contributed by atoms with Crippen LogP contribution in [0.2, 0.25) is 0 Å². The van der Waals surface area contributed by atoms with Gasteiger partial charge in [-0.1, -0.05) is 201 Å². The molecule has 5 heterocycles. The minimum absolute atomic E-state index is 0.217. The Morgan fingerprint density at radius 2 is 0.490 bits per heavy atom. The van der Waals surface area contributed by atoms with Crippen LogP contribution >= 0.6 is 0 Å². The zero-order valence-corrected chi connectivity index (χ0v) is 57.5. The highest BCUT2D eigenvalue weighted by Crippen LogP contribution is 2.51. The van der Waals surface area contributed by atoms with E-state index in [0.717, 1.165) is 173 Å². The maximum atomic E-state index is 12.0. The number of aromatic amines is 2. The van der Waals surface area contributed by atoms with E-state index in [4.69, 9.17) is 14.7 Å². The van der Waals surface area contributed by atoms with E-state index in [0.29, 0.717) is 63.6 Å². The number of aromatic nitrogens is 4. The first-order valence-electron chi connectivity index (χ1n) is 34.7. The Balaban J connectivity index is 1.23. The lowest BCUT2D eigenvalue weighted by atomic mass is 9.89. The van der Waals surface area contributed by atoms with E-state index in [9.17, 15) is 34.5 Å². The highest BCUT2D eigenvalue weighted by Gasteiger charge is 2.32. The predicted octanol–water partition coefficient (Wildman–Crippen LogP) is 22.0. The predicted molar refractivity (Wildman–Crippen MR) is 404 cm³/mol. The van der Waals surface area contributed by atoms with Crippen LogP contribution in [0.5, 0.6) is 5.75 Å². The molecule has 0 aliphatic carbocycles. The van der Waals surface area contributed by atoms with Crippen LogP contribution in [-0.4, -0.2) is 59.6 Å². The Morgan fingerprint density at radius 1 is 0.300 bits per heavy atom. The molecular weight excluding hydrogens is 1240 g/mol. The molecule has 0 saturated carbocycles. The summed E-state index contributed by atoms with van der Waals surface area (Å²) < 4.78 is 5.19. The molecule has 0 radical (unpaired) electrons. The number of allylic oxidation sites excluding steroid dienone is 4. The van der Waals surface area contributed by atoms with Crippen molar-refractivity contribution in [1.29, 1.82) is 0 Å². The van der Waals surface area contributed by atoms with Crippen molar-refractivity contribution in [2.75, 3.05) is 0 Å². The molecule has 5 N–H and O–H groups in total. The van der Waals surface area contributed by atoms with E-state index >= 15 is 0 Å². The van der Waals surface area contributed by atoms with Gasteiger partial charge in [-0.05, 0) is 211 Å². The van der Waals surface area contributed by atoms with Gasteiger partial charge in [0.2, 0.25) is 0 Å². The molecule has 8 aromatic carbocycles. The van der Waals surface area contributed by atoms with Crippen molar-refractivity contribution in [3.8, 4) is 94.8 Å². The van der Waals surface area contributed by atoms with E-state index in [1.165, 1.54) is 5.56 Å². The maximum Gasteiger partial charge on any atom is 0.335 e. The second-order valence-corrected chi connectivity index (χ2v) is 25.2. The smallest absolute Gasteiger partial charge is 0.335 e. The van der Waals surface area contributed by atoms with Crippen molar-refractivity contribution in [2.45, 2.75) is 107 Å². The number of carbonyl (C=O) groups excluding carboxylic acids is 1. The number of ether oxygens (including phenoxy) is 1. The monoisotopic (exact) mass is 1320 g/mol. The lowest BCUT2D eigenvalue weighted by Crippen LogP contribution is -1.95. The van der Waals surface area contributed by atoms with Crippen molar-refractivity contribution >= 4 is 68.7 Å². The molecule has 12 nitrogen and oxygen atoms in total. The van der Waals surface area contributed by atoms with Gasteiger partial charge in [0.05, 0.1) is 61.5 Å². The van der Waals surface area contributed by atoms with Gasteiger partial charge in [0.1, 0.15) is 5.75 Å². The van der Waals surface area contributed by atoms with E-state index in [1.54, 1.807) is 48.5 Å². The van der Waals surface area contributed by atoms with E-state index < -0.39 is 17.9 Å². The summed E-state index contributed by atoms with van der Waals surface area (Å²) in [7, 11) is 0. The number of hydrogen-bond donors (Lipinski definition) is 5. The first kappa shape index (κ1) is 66.8. The topological polar surface area (TPSA) is 196 Å². The molecule has 498 valence electrons. The van der Waals surface area contributed by atoms with Crippen LogP contribution in [-0.2, 0) is 30.5 Å².